The van der Waals surface area contributed by atoms with Crippen molar-refractivity contribution in [2.24, 2.45) is 5.92 Å². The molecule has 1 fully saturated rings. The van der Waals surface area contributed by atoms with Crippen molar-refractivity contribution in [2.45, 2.75) is 19.8 Å². The van der Waals surface area contributed by atoms with Crippen molar-refractivity contribution >= 4 is 23.2 Å². The van der Waals surface area contributed by atoms with Crippen molar-refractivity contribution in [3.8, 4) is 17.0 Å². The van der Waals surface area contributed by atoms with Crippen molar-refractivity contribution in [3.05, 3.63) is 60.7 Å². The van der Waals surface area contributed by atoms with Gasteiger partial charge in [0.1, 0.15) is 5.75 Å². The highest BCUT2D eigenvalue weighted by atomic mass is 16.5. The highest BCUT2D eigenvalue weighted by Crippen LogP contribution is 2.25. The predicted octanol–water partition coefficient (Wildman–Crippen LogP) is 5.03. The number of nitrogens with zero attached hydrogens (tertiary/aromatic N) is 3. The van der Waals surface area contributed by atoms with E-state index in [0.29, 0.717) is 17.1 Å². The Morgan fingerprint density at radius 3 is 2.39 bits per heavy atom. The van der Waals surface area contributed by atoms with Gasteiger partial charge in [0.15, 0.2) is 5.82 Å². The third-order valence-corrected chi connectivity index (χ3v) is 5.55. The van der Waals surface area contributed by atoms with Crippen molar-refractivity contribution in [3.63, 3.8) is 0 Å². The van der Waals surface area contributed by atoms with E-state index in [2.05, 4.69) is 32.7 Å². The molecule has 160 valence electrons. The average Bonchev–Trinajstić information content (AvgIpc) is 2.80. The molecule has 2 N–H and O–H groups in total. The van der Waals surface area contributed by atoms with Gasteiger partial charge < -0.3 is 20.3 Å². The lowest BCUT2D eigenvalue weighted by Crippen LogP contribution is -2.33. The molecule has 0 unspecified atom stereocenters. The summed E-state index contributed by atoms with van der Waals surface area (Å²) in [5.41, 5.74) is 3.04. The summed E-state index contributed by atoms with van der Waals surface area (Å²) in [5.74, 6) is 2.32. The van der Waals surface area contributed by atoms with Gasteiger partial charge in [-0.25, -0.2) is 4.79 Å². The van der Waals surface area contributed by atoms with Gasteiger partial charge in [-0.3, -0.25) is 0 Å². The number of rotatable bonds is 5. The number of hydrogen-bond acceptors (Lipinski definition) is 5. The van der Waals surface area contributed by atoms with E-state index in [4.69, 9.17) is 4.74 Å². The van der Waals surface area contributed by atoms with Crippen molar-refractivity contribution in [1.29, 1.82) is 0 Å². The maximum atomic E-state index is 12.3. The zero-order valence-electron chi connectivity index (χ0n) is 17.8. The highest BCUT2D eigenvalue weighted by Gasteiger charge is 2.17. The molecule has 0 atom stereocenters. The summed E-state index contributed by atoms with van der Waals surface area (Å²) >= 11 is 0. The maximum absolute atomic E-state index is 12.3. The molecule has 7 nitrogen and oxygen atoms in total. The van der Waals surface area contributed by atoms with E-state index in [1.165, 1.54) is 12.8 Å². The molecule has 2 amide bonds. The Kier molecular flexibility index (Phi) is 6.31. The largest absolute Gasteiger partial charge is 0.495 e. The first-order valence-corrected chi connectivity index (χ1v) is 10.5. The number of ether oxygens (including phenoxy) is 1. The first-order valence-electron chi connectivity index (χ1n) is 10.5. The lowest BCUT2D eigenvalue weighted by Gasteiger charge is -2.30. The van der Waals surface area contributed by atoms with Crippen molar-refractivity contribution in [2.75, 3.05) is 35.7 Å². The van der Waals surface area contributed by atoms with Crippen LogP contribution in [-0.4, -0.2) is 36.4 Å². The first-order chi connectivity index (χ1) is 15.1. The number of piperidine rings is 1. The molecule has 0 bridgehead atoms. The number of methoxy groups -OCH3 is 1. The number of carbonyl (C=O) groups excluding carboxylic acids is 1. The molecule has 0 spiro atoms. The summed E-state index contributed by atoms with van der Waals surface area (Å²) in [6.07, 6.45) is 2.39. The van der Waals surface area contributed by atoms with Crippen molar-refractivity contribution < 1.29 is 9.53 Å². The lowest BCUT2D eigenvalue weighted by molar-refractivity contribution is 0.262. The molecule has 7 heteroatoms. The van der Waals surface area contributed by atoms with Gasteiger partial charge in [0, 0.05) is 24.3 Å². The molecule has 31 heavy (non-hydrogen) atoms. The summed E-state index contributed by atoms with van der Waals surface area (Å²) in [6, 6.07) is 18.5. The average molecular weight is 418 g/mol. The molecule has 4 rings (SSSR count). The van der Waals surface area contributed by atoms with E-state index in [9.17, 15) is 4.79 Å². The second kappa shape index (κ2) is 9.47. The molecule has 0 radical (unpaired) electrons. The fraction of sp³-hybridized carbons (Fsp3) is 0.292. The number of benzene rings is 2. The molecule has 2 aromatic carbocycles. The number of hydrogen-bond donors (Lipinski definition) is 2. The van der Waals surface area contributed by atoms with Crippen LogP contribution in [0, 0.1) is 5.92 Å². The zero-order chi connectivity index (χ0) is 21.6. The number of carbonyl (C=O) groups is 1. The van der Waals surface area contributed by atoms with E-state index < -0.39 is 0 Å². The highest BCUT2D eigenvalue weighted by molar-refractivity contribution is 6.00. The van der Waals surface area contributed by atoms with E-state index in [1.807, 2.05) is 48.5 Å². The van der Waals surface area contributed by atoms with Crippen LogP contribution in [-0.2, 0) is 0 Å². The van der Waals surface area contributed by atoms with Gasteiger partial charge in [-0.2, -0.15) is 0 Å². The minimum atomic E-state index is -0.336. The van der Waals surface area contributed by atoms with Gasteiger partial charge in [0.2, 0.25) is 0 Å². The monoisotopic (exact) mass is 417 g/mol. The Labute approximate surface area is 182 Å². The number of urea groups is 1. The fourth-order valence-electron chi connectivity index (χ4n) is 3.64. The van der Waals surface area contributed by atoms with Crippen LogP contribution in [0.5, 0.6) is 5.75 Å². The Balaban J connectivity index is 1.37. The van der Waals surface area contributed by atoms with Crippen LogP contribution in [0.2, 0.25) is 0 Å². The number of nitrogens with one attached hydrogen (secondary N) is 2. The second-order valence-electron chi connectivity index (χ2n) is 7.80. The third kappa shape index (κ3) is 5.12. The number of aromatic nitrogens is 2. The van der Waals surface area contributed by atoms with Gasteiger partial charge in [0.05, 0.1) is 18.5 Å². The molecule has 3 aromatic rings. The first kappa shape index (κ1) is 20.7. The Morgan fingerprint density at radius 1 is 0.968 bits per heavy atom. The maximum Gasteiger partial charge on any atom is 0.323 e. The SMILES string of the molecule is COc1ccccc1NC(=O)Nc1ccc(-c2ccc(N3CCC(C)CC3)nn2)cc1. The molecular weight excluding hydrogens is 390 g/mol. The third-order valence-electron chi connectivity index (χ3n) is 5.55. The standard InChI is InChI=1S/C24H27N5O2/c1-17-13-15-29(16-14-17)23-12-11-20(27-28-23)18-7-9-19(10-8-18)25-24(30)26-21-5-3-4-6-22(21)31-2/h3-12,17H,13-16H2,1-2H3,(H2,25,26,30). The molecule has 1 aromatic heterocycles. The number of amides is 2. The van der Waals surface area contributed by atoms with E-state index in [0.717, 1.165) is 36.1 Å². The normalized spacial score (nSPS) is 14.2. The molecule has 1 saturated heterocycles. The van der Waals surface area contributed by atoms with Gasteiger partial charge >= 0.3 is 6.03 Å². The fourth-order valence-corrected chi connectivity index (χ4v) is 3.64. The minimum Gasteiger partial charge on any atom is -0.495 e. The molecular formula is C24H27N5O2. The quantitative estimate of drug-likeness (QED) is 0.608. The summed E-state index contributed by atoms with van der Waals surface area (Å²) in [4.78, 5) is 14.6. The van der Waals surface area contributed by atoms with Crippen LogP contribution in [0.15, 0.2) is 60.7 Å². The molecule has 0 saturated carbocycles. The Hall–Kier alpha value is -3.61. The van der Waals surface area contributed by atoms with E-state index in [1.54, 1.807) is 19.2 Å². The molecule has 0 aliphatic carbocycles. The second-order valence-corrected chi connectivity index (χ2v) is 7.80. The Morgan fingerprint density at radius 2 is 1.71 bits per heavy atom. The summed E-state index contributed by atoms with van der Waals surface area (Å²) in [6.45, 7) is 4.37. The van der Waals surface area contributed by atoms with Gasteiger partial charge in [-0.1, -0.05) is 31.2 Å². The van der Waals surface area contributed by atoms with Gasteiger partial charge in [-0.15, -0.1) is 10.2 Å². The van der Waals surface area contributed by atoms with Crippen molar-refractivity contribution in [1.82, 2.24) is 10.2 Å². The summed E-state index contributed by atoms with van der Waals surface area (Å²) < 4.78 is 5.25. The van der Waals surface area contributed by atoms with Crippen LogP contribution < -0.4 is 20.3 Å². The molecule has 1 aliphatic rings. The van der Waals surface area contributed by atoms with Crippen LogP contribution in [0.3, 0.4) is 0 Å². The topological polar surface area (TPSA) is 79.4 Å². The van der Waals surface area contributed by atoms with Crippen LogP contribution in [0.1, 0.15) is 19.8 Å². The van der Waals surface area contributed by atoms with Gasteiger partial charge in [-0.05, 0) is 55.2 Å². The van der Waals surface area contributed by atoms with Crippen LogP contribution in [0.4, 0.5) is 22.0 Å². The van der Waals surface area contributed by atoms with Crippen LogP contribution in [0.25, 0.3) is 11.3 Å². The lowest BCUT2D eigenvalue weighted by atomic mass is 9.99. The summed E-state index contributed by atoms with van der Waals surface area (Å²) in [5, 5.41) is 14.4. The van der Waals surface area contributed by atoms with E-state index in [-0.39, 0.29) is 6.03 Å². The Bertz CT molecular complexity index is 1010. The smallest absolute Gasteiger partial charge is 0.323 e. The van der Waals surface area contributed by atoms with Gasteiger partial charge in [0.25, 0.3) is 0 Å². The number of anilines is 3. The van der Waals surface area contributed by atoms with Crippen LogP contribution >= 0.6 is 0 Å². The molecule has 2 heterocycles. The summed E-state index contributed by atoms with van der Waals surface area (Å²) in [7, 11) is 1.57. The predicted molar refractivity (Wildman–Crippen MR) is 124 cm³/mol. The molecule has 1 aliphatic heterocycles. The zero-order valence-corrected chi connectivity index (χ0v) is 17.8. The van der Waals surface area contributed by atoms with E-state index >= 15 is 0 Å². The minimum absolute atomic E-state index is 0.336. The number of para-hydroxylation sites is 2.